The van der Waals surface area contributed by atoms with Gasteiger partial charge in [0.2, 0.25) is 0 Å². The molecular weight excluding hydrogens is 553 g/mol. The van der Waals surface area contributed by atoms with Crippen LogP contribution in [0.2, 0.25) is 10.0 Å². The van der Waals surface area contributed by atoms with Crippen molar-refractivity contribution in [1.82, 2.24) is 9.38 Å². The molecule has 6 nitrogen and oxygen atoms in total. The molecule has 0 bridgehead atoms. The zero-order chi connectivity index (χ0) is 24.4. The molecule has 0 unspecified atom stereocenters. The summed E-state index contributed by atoms with van der Waals surface area (Å²) in [7, 11) is 1.59. The van der Waals surface area contributed by atoms with Crippen molar-refractivity contribution in [2.24, 2.45) is 4.99 Å². The molecule has 0 amide bonds. The minimum absolute atomic E-state index is 0.257. The summed E-state index contributed by atoms with van der Waals surface area (Å²) < 4.78 is 19.8. The number of benzene rings is 2. The van der Waals surface area contributed by atoms with Gasteiger partial charge in [0.05, 0.1) is 17.8 Å². The highest BCUT2D eigenvalue weighted by Gasteiger charge is 2.16. The summed E-state index contributed by atoms with van der Waals surface area (Å²) in [6, 6.07) is 18.5. The SMILES string of the molecule is COc1cc(C=Nc2c(-c3ccco3)nc3ccccn23)cc(Br)c1OCc1ccc(Cl)cc1Cl. The molecule has 2 aromatic carbocycles. The van der Waals surface area contributed by atoms with Crippen LogP contribution >= 0.6 is 39.1 Å². The molecule has 35 heavy (non-hydrogen) atoms. The lowest BCUT2D eigenvalue weighted by Gasteiger charge is -2.14. The number of fused-ring (bicyclic) bond motifs is 1. The first-order valence-electron chi connectivity index (χ1n) is 10.5. The van der Waals surface area contributed by atoms with Crippen LogP contribution in [0.15, 0.2) is 87.0 Å². The number of aromatic nitrogens is 2. The molecule has 0 saturated carbocycles. The number of ether oxygens (including phenoxy) is 2. The average molecular weight is 571 g/mol. The first-order valence-corrected chi connectivity index (χ1v) is 12.1. The van der Waals surface area contributed by atoms with Crippen LogP contribution in [0.4, 0.5) is 5.82 Å². The third kappa shape index (κ3) is 4.93. The summed E-state index contributed by atoms with van der Waals surface area (Å²) in [5, 5.41) is 1.11. The maximum absolute atomic E-state index is 6.28. The van der Waals surface area contributed by atoms with Crippen molar-refractivity contribution in [3.63, 3.8) is 0 Å². The molecular formula is C26H18BrCl2N3O3. The van der Waals surface area contributed by atoms with Gasteiger partial charge >= 0.3 is 0 Å². The molecule has 9 heteroatoms. The molecule has 0 N–H and O–H groups in total. The van der Waals surface area contributed by atoms with Crippen molar-refractivity contribution in [1.29, 1.82) is 0 Å². The first-order chi connectivity index (χ1) is 17.0. The van der Waals surface area contributed by atoms with Crippen LogP contribution in [0.5, 0.6) is 11.5 Å². The van der Waals surface area contributed by atoms with Crippen LogP contribution < -0.4 is 9.47 Å². The topological polar surface area (TPSA) is 61.3 Å². The van der Waals surface area contributed by atoms with Crippen LogP contribution in [-0.2, 0) is 6.61 Å². The molecule has 0 saturated heterocycles. The third-order valence-electron chi connectivity index (χ3n) is 5.23. The van der Waals surface area contributed by atoms with E-state index >= 15 is 0 Å². The highest BCUT2D eigenvalue weighted by molar-refractivity contribution is 9.10. The molecule has 0 aliphatic rings. The van der Waals surface area contributed by atoms with Gasteiger partial charge in [-0.3, -0.25) is 4.40 Å². The standard InChI is InChI=1S/C26H18BrCl2N3O3/c1-33-22-12-16(11-19(27)25(22)35-15-17-7-8-18(28)13-20(17)29)14-30-26-24(21-5-4-10-34-21)31-23-6-2-3-9-32(23)26/h2-14H,15H2,1H3. The van der Waals surface area contributed by atoms with Crippen LogP contribution in [-0.4, -0.2) is 22.7 Å². The van der Waals surface area contributed by atoms with Crippen molar-refractivity contribution in [3.8, 4) is 23.0 Å². The lowest BCUT2D eigenvalue weighted by molar-refractivity contribution is 0.282. The van der Waals surface area contributed by atoms with Gasteiger partial charge in [0.15, 0.2) is 28.8 Å². The summed E-state index contributed by atoms with van der Waals surface area (Å²) in [6.45, 7) is 0.257. The predicted molar refractivity (Wildman–Crippen MR) is 142 cm³/mol. The van der Waals surface area contributed by atoms with E-state index < -0.39 is 0 Å². The van der Waals surface area contributed by atoms with Gasteiger partial charge in [-0.05, 0) is 70.0 Å². The Morgan fingerprint density at radius 2 is 2.00 bits per heavy atom. The fourth-order valence-electron chi connectivity index (χ4n) is 3.56. The molecule has 3 aromatic heterocycles. The van der Waals surface area contributed by atoms with Gasteiger partial charge in [-0.25, -0.2) is 9.98 Å². The Balaban J connectivity index is 1.46. The van der Waals surface area contributed by atoms with Gasteiger partial charge in [0.25, 0.3) is 0 Å². The Morgan fingerprint density at radius 3 is 2.77 bits per heavy atom. The molecule has 0 aliphatic carbocycles. The quantitative estimate of drug-likeness (QED) is 0.186. The smallest absolute Gasteiger partial charge is 0.175 e. The van der Waals surface area contributed by atoms with E-state index in [1.54, 1.807) is 31.7 Å². The van der Waals surface area contributed by atoms with Crippen molar-refractivity contribution >= 4 is 56.8 Å². The molecule has 0 radical (unpaired) electrons. The molecule has 5 aromatic rings. The summed E-state index contributed by atoms with van der Waals surface area (Å²) in [5.41, 5.74) is 3.05. The normalized spacial score (nSPS) is 11.4. The number of hydrogen-bond donors (Lipinski definition) is 0. The van der Waals surface area contributed by atoms with E-state index in [1.807, 2.05) is 59.1 Å². The number of methoxy groups -OCH3 is 1. The van der Waals surface area contributed by atoms with Crippen LogP contribution in [0.25, 0.3) is 17.1 Å². The number of furan rings is 1. The Kier molecular flexibility index (Phi) is 6.81. The summed E-state index contributed by atoms with van der Waals surface area (Å²) in [4.78, 5) is 9.43. The second-order valence-corrected chi connectivity index (χ2v) is 9.20. The molecule has 0 atom stereocenters. The number of nitrogens with zero attached hydrogens (tertiary/aromatic N) is 3. The lowest BCUT2D eigenvalue weighted by atomic mass is 10.2. The monoisotopic (exact) mass is 569 g/mol. The number of pyridine rings is 1. The maximum atomic E-state index is 6.28. The number of rotatable bonds is 7. The van der Waals surface area contributed by atoms with Crippen LogP contribution in [0.1, 0.15) is 11.1 Å². The van der Waals surface area contributed by atoms with Gasteiger partial charge in [-0.1, -0.05) is 35.3 Å². The molecule has 5 rings (SSSR count). The molecule has 176 valence electrons. The Labute approximate surface area is 219 Å². The van der Waals surface area contributed by atoms with Crippen molar-refractivity contribution < 1.29 is 13.9 Å². The molecule has 0 aliphatic heterocycles. The number of hydrogen-bond acceptors (Lipinski definition) is 5. The minimum Gasteiger partial charge on any atom is -0.493 e. The zero-order valence-corrected chi connectivity index (χ0v) is 21.5. The van der Waals surface area contributed by atoms with E-state index in [2.05, 4.69) is 20.9 Å². The highest BCUT2D eigenvalue weighted by atomic mass is 79.9. The molecule has 3 heterocycles. The zero-order valence-electron chi connectivity index (χ0n) is 18.4. The number of imidazole rings is 1. The fraction of sp³-hybridized carbons (Fsp3) is 0.0769. The van der Waals surface area contributed by atoms with Crippen molar-refractivity contribution in [2.75, 3.05) is 7.11 Å². The molecule has 0 fully saturated rings. The van der Waals surface area contributed by atoms with Crippen molar-refractivity contribution in [3.05, 3.63) is 98.8 Å². The lowest BCUT2D eigenvalue weighted by Crippen LogP contribution is -2.00. The largest absolute Gasteiger partial charge is 0.493 e. The summed E-state index contributed by atoms with van der Waals surface area (Å²) in [6.07, 6.45) is 5.28. The fourth-order valence-corrected chi connectivity index (χ4v) is 4.60. The number of halogens is 3. The second kappa shape index (κ2) is 10.2. The van der Waals surface area contributed by atoms with Crippen LogP contribution in [0, 0.1) is 0 Å². The minimum atomic E-state index is 0.257. The number of aliphatic imine (C=N–C) groups is 1. The van der Waals surface area contributed by atoms with E-state index in [0.29, 0.717) is 43.3 Å². The van der Waals surface area contributed by atoms with Gasteiger partial charge in [0, 0.05) is 28.0 Å². The Morgan fingerprint density at radius 1 is 1.11 bits per heavy atom. The third-order valence-corrected chi connectivity index (χ3v) is 6.41. The highest BCUT2D eigenvalue weighted by Crippen LogP contribution is 2.38. The van der Waals surface area contributed by atoms with Gasteiger partial charge < -0.3 is 13.9 Å². The average Bonchev–Trinajstić information content (AvgIpc) is 3.50. The van der Waals surface area contributed by atoms with Gasteiger partial charge in [-0.15, -0.1) is 0 Å². The van der Waals surface area contributed by atoms with E-state index in [0.717, 1.165) is 16.8 Å². The Bertz CT molecular complexity index is 1530. The Hall–Kier alpha value is -3.26. The first kappa shape index (κ1) is 23.5. The summed E-state index contributed by atoms with van der Waals surface area (Å²) >= 11 is 15.9. The second-order valence-electron chi connectivity index (χ2n) is 7.51. The van der Waals surface area contributed by atoms with Crippen LogP contribution in [0.3, 0.4) is 0 Å². The van der Waals surface area contributed by atoms with E-state index in [4.69, 9.17) is 42.1 Å². The summed E-state index contributed by atoms with van der Waals surface area (Å²) in [5.74, 6) is 2.41. The van der Waals surface area contributed by atoms with Crippen molar-refractivity contribution in [2.45, 2.75) is 6.61 Å². The van der Waals surface area contributed by atoms with Gasteiger partial charge in [-0.2, -0.15) is 0 Å². The molecule has 0 spiro atoms. The predicted octanol–water partition coefficient (Wildman–Crippen LogP) is 8.00. The van der Waals surface area contributed by atoms with E-state index in [9.17, 15) is 0 Å². The van der Waals surface area contributed by atoms with Gasteiger partial charge in [0.1, 0.15) is 12.3 Å². The maximum Gasteiger partial charge on any atom is 0.175 e. The van der Waals surface area contributed by atoms with E-state index in [-0.39, 0.29) is 6.61 Å². The van der Waals surface area contributed by atoms with E-state index in [1.165, 1.54) is 0 Å².